The molecule has 0 amide bonds. The summed E-state index contributed by atoms with van der Waals surface area (Å²) in [5, 5.41) is 9.36. The smallest absolute Gasteiger partial charge is 0.378 e. The lowest BCUT2D eigenvalue weighted by Crippen LogP contribution is -2.40. The maximum Gasteiger partial charge on any atom is 0.434 e. The molecule has 0 radical (unpaired) electrons. The monoisotopic (exact) mass is 454 g/mol. The largest absolute Gasteiger partial charge is 0.434 e. The molecule has 4 heterocycles. The van der Waals surface area contributed by atoms with E-state index in [1.807, 2.05) is 9.80 Å². The summed E-state index contributed by atoms with van der Waals surface area (Å²) in [4.78, 5) is 24.1. The molecule has 0 bridgehead atoms. The molecule has 2 fully saturated rings. The van der Waals surface area contributed by atoms with E-state index in [-0.39, 0.29) is 17.7 Å². The fraction of sp³-hybridized carbons (Fsp3) is 0.529. The van der Waals surface area contributed by atoms with Crippen LogP contribution in [0.15, 0.2) is 6.20 Å². The van der Waals surface area contributed by atoms with Crippen molar-refractivity contribution in [2.45, 2.75) is 6.18 Å². The molecule has 15 heteroatoms. The SMILES string of the molecule is N=C(N)Nc1ncc(-c2nc(N3CCOCC3)nc(N3CCOCC3)n2)c(C(F)(F)F)n1. The van der Waals surface area contributed by atoms with Crippen LogP contribution in [0.25, 0.3) is 11.4 Å². The Morgan fingerprint density at radius 1 is 0.938 bits per heavy atom. The third-order valence-electron chi connectivity index (χ3n) is 4.74. The van der Waals surface area contributed by atoms with Gasteiger partial charge in [0.2, 0.25) is 17.8 Å². The highest BCUT2D eigenvalue weighted by Crippen LogP contribution is 2.35. The van der Waals surface area contributed by atoms with Crippen molar-refractivity contribution in [1.29, 1.82) is 5.41 Å². The second-order valence-electron chi connectivity index (χ2n) is 6.95. The second kappa shape index (κ2) is 9.04. The number of ether oxygens (including phenoxy) is 2. The summed E-state index contributed by atoms with van der Waals surface area (Å²) in [6.07, 6.45) is -3.86. The molecule has 0 atom stereocenters. The van der Waals surface area contributed by atoms with Gasteiger partial charge in [-0.05, 0) is 0 Å². The van der Waals surface area contributed by atoms with E-state index >= 15 is 0 Å². The highest BCUT2D eigenvalue weighted by molar-refractivity contribution is 5.87. The summed E-state index contributed by atoms with van der Waals surface area (Å²) in [5.41, 5.74) is 3.53. The highest BCUT2D eigenvalue weighted by Gasteiger charge is 2.38. The predicted octanol–water partition coefficient (Wildman–Crippen LogP) is 0.326. The number of nitrogens with zero attached hydrogens (tertiary/aromatic N) is 7. The van der Waals surface area contributed by atoms with E-state index in [2.05, 4.69) is 30.2 Å². The number of aromatic nitrogens is 5. The van der Waals surface area contributed by atoms with E-state index in [1.54, 1.807) is 0 Å². The molecule has 2 aromatic rings. The number of anilines is 3. The number of hydrogen-bond acceptors (Lipinski definition) is 10. The Hall–Kier alpha value is -3.33. The van der Waals surface area contributed by atoms with Crippen LogP contribution < -0.4 is 20.9 Å². The van der Waals surface area contributed by atoms with Crippen molar-refractivity contribution in [2.24, 2.45) is 5.73 Å². The topological polar surface area (TPSA) is 151 Å². The quantitative estimate of drug-likeness (QED) is 0.433. The van der Waals surface area contributed by atoms with Gasteiger partial charge in [0.25, 0.3) is 0 Å². The van der Waals surface area contributed by atoms with E-state index < -0.39 is 29.3 Å². The van der Waals surface area contributed by atoms with Crippen LogP contribution in [0.3, 0.4) is 0 Å². The minimum atomic E-state index is -4.82. The van der Waals surface area contributed by atoms with E-state index in [0.717, 1.165) is 6.20 Å². The predicted molar refractivity (Wildman–Crippen MR) is 107 cm³/mol. The molecule has 0 aromatic carbocycles. The second-order valence-corrected chi connectivity index (χ2v) is 6.95. The van der Waals surface area contributed by atoms with Crippen LogP contribution in [0, 0.1) is 5.41 Å². The number of hydrogen-bond donors (Lipinski definition) is 3. The van der Waals surface area contributed by atoms with Crippen LogP contribution in [0.1, 0.15) is 5.69 Å². The molecule has 2 saturated heterocycles. The zero-order valence-corrected chi connectivity index (χ0v) is 16.9. The first-order valence-corrected chi connectivity index (χ1v) is 9.78. The van der Waals surface area contributed by atoms with Gasteiger partial charge in [-0.25, -0.2) is 9.97 Å². The number of morpholine rings is 2. The first-order chi connectivity index (χ1) is 15.3. The number of rotatable bonds is 4. The summed E-state index contributed by atoms with van der Waals surface area (Å²) in [7, 11) is 0. The minimum Gasteiger partial charge on any atom is -0.378 e. The average Bonchev–Trinajstić information content (AvgIpc) is 2.79. The third kappa shape index (κ3) is 4.94. The first kappa shape index (κ1) is 21.9. The van der Waals surface area contributed by atoms with Crippen molar-refractivity contribution < 1.29 is 22.6 Å². The molecular weight excluding hydrogens is 433 g/mol. The zero-order chi connectivity index (χ0) is 22.7. The van der Waals surface area contributed by atoms with E-state index in [9.17, 15) is 13.2 Å². The summed E-state index contributed by atoms with van der Waals surface area (Å²) < 4.78 is 52.2. The van der Waals surface area contributed by atoms with Gasteiger partial charge in [-0.15, -0.1) is 0 Å². The van der Waals surface area contributed by atoms with Gasteiger partial charge in [0.15, 0.2) is 17.5 Å². The summed E-state index contributed by atoms with van der Waals surface area (Å²) in [6.45, 7) is 3.80. The Morgan fingerprint density at radius 3 is 1.94 bits per heavy atom. The van der Waals surface area contributed by atoms with E-state index in [4.69, 9.17) is 20.6 Å². The molecule has 0 aliphatic carbocycles. The number of halogens is 3. The van der Waals surface area contributed by atoms with Crippen LogP contribution in [0.2, 0.25) is 0 Å². The molecule has 0 spiro atoms. The lowest BCUT2D eigenvalue weighted by Gasteiger charge is -2.30. The Balaban J connectivity index is 1.81. The lowest BCUT2D eigenvalue weighted by atomic mass is 10.2. The molecular formula is C17H21F3N10O2. The van der Waals surface area contributed by atoms with Crippen molar-refractivity contribution in [1.82, 2.24) is 24.9 Å². The first-order valence-electron chi connectivity index (χ1n) is 9.78. The van der Waals surface area contributed by atoms with Gasteiger partial charge in [-0.3, -0.25) is 10.7 Å². The highest BCUT2D eigenvalue weighted by atomic mass is 19.4. The van der Waals surface area contributed by atoms with Gasteiger partial charge in [0.05, 0.1) is 32.0 Å². The molecule has 2 aliphatic rings. The Kier molecular flexibility index (Phi) is 6.18. The molecule has 32 heavy (non-hydrogen) atoms. The number of nitrogens with two attached hydrogens (primary N) is 1. The van der Waals surface area contributed by atoms with Crippen LogP contribution in [0.5, 0.6) is 0 Å². The molecule has 2 aromatic heterocycles. The Bertz CT molecular complexity index is 941. The van der Waals surface area contributed by atoms with E-state index in [1.165, 1.54) is 0 Å². The molecule has 0 unspecified atom stereocenters. The van der Waals surface area contributed by atoms with Crippen LogP contribution in [0.4, 0.5) is 31.0 Å². The maximum atomic E-state index is 13.8. The molecule has 172 valence electrons. The summed E-state index contributed by atoms with van der Waals surface area (Å²) in [6, 6.07) is 0. The zero-order valence-electron chi connectivity index (χ0n) is 16.9. The van der Waals surface area contributed by atoms with E-state index in [0.29, 0.717) is 52.6 Å². The average molecular weight is 454 g/mol. The number of nitrogens with one attached hydrogen (secondary N) is 2. The third-order valence-corrected chi connectivity index (χ3v) is 4.74. The molecule has 12 nitrogen and oxygen atoms in total. The Labute approximate surface area is 180 Å². The van der Waals surface area contributed by atoms with Crippen molar-refractivity contribution in [3.8, 4) is 11.4 Å². The molecule has 4 N–H and O–H groups in total. The lowest BCUT2D eigenvalue weighted by molar-refractivity contribution is -0.140. The Morgan fingerprint density at radius 2 is 1.47 bits per heavy atom. The van der Waals surface area contributed by atoms with Gasteiger partial charge in [0, 0.05) is 32.4 Å². The van der Waals surface area contributed by atoms with Crippen LogP contribution >= 0.6 is 0 Å². The van der Waals surface area contributed by atoms with Crippen LogP contribution in [-0.2, 0) is 15.7 Å². The summed E-state index contributed by atoms with van der Waals surface area (Å²) >= 11 is 0. The van der Waals surface area contributed by atoms with Crippen LogP contribution in [-0.4, -0.2) is 83.5 Å². The molecule has 2 aliphatic heterocycles. The maximum absolute atomic E-state index is 13.8. The van der Waals surface area contributed by atoms with Crippen molar-refractivity contribution in [3.05, 3.63) is 11.9 Å². The van der Waals surface area contributed by atoms with Gasteiger partial charge < -0.3 is 25.0 Å². The number of alkyl halides is 3. The normalized spacial score (nSPS) is 17.3. The fourth-order valence-corrected chi connectivity index (χ4v) is 3.23. The van der Waals surface area contributed by atoms with Gasteiger partial charge in [0.1, 0.15) is 0 Å². The van der Waals surface area contributed by atoms with Crippen molar-refractivity contribution in [2.75, 3.05) is 67.7 Å². The van der Waals surface area contributed by atoms with Gasteiger partial charge >= 0.3 is 6.18 Å². The standard InChI is InChI=1S/C17H21F3N10O2/c18-17(19,20)11-10(9-23-14(24-11)27-13(21)22)12-25-15(29-1-5-31-6-2-29)28-16(26-12)30-3-7-32-8-4-30/h9H,1-8H2,(H4,21,22,23,24,27). The summed E-state index contributed by atoms with van der Waals surface area (Å²) in [5.74, 6) is -0.748. The fourth-order valence-electron chi connectivity index (χ4n) is 3.23. The van der Waals surface area contributed by atoms with Gasteiger partial charge in [-0.2, -0.15) is 28.1 Å². The van der Waals surface area contributed by atoms with Gasteiger partial charge in [-0.1, -0.05) is 0 Å². The van der Waals surface area contributed by atoms with Crippen molar-refractivity contribution >= 4 is 23.8 Å². The van der Waals surface area contributed by atoms with Crippen molar-refractivity contribution in [3.63, 3.8) is 0 Å². The molecule has 4 rings (SSSR count). The molecule has 0 saturated carbocycles. The number of guanidine groups is 1. The minimum absolute atomic E-state index is 0.204.